The second-order valence-corrected chi connectivity index (χ2v) is 5.43. The zero-order chi connectivity index (χ0) is 12.2. The number of alkyl carbamates (subject to hydrolysis) is 1. The lowest BCUT2D eigenvalue weighted by Crippen LogP contribution is -2.51. The lowest BCUT2D eigenvalue weighted by molar-refractivity contribution is 0.0481. The summed E-state index contributed by atoms with van der Waals surface area (Å²) in [5, 5.41) is 6.20. The molecule has 0 saturated heterocycles. The van der Waals surface area contributed by atoms with E-state index in [-0.39, 0.29) is 24.5 Å². The highest BCUT2D eigenvalue weighted by Gasteiger charge is 2.26. The lowest BCUT2D eigenvalue weighted by atomic mass is 9.90. The third kappa shape index (κ3) is 6.13. The van der Waals surface area contributed by atoms with Crippen molar-refractivity contribution in [3.05, 3.63) is 0 Å². The van der Waals surface area contributed by atoms with Gasteiger partial charge in [0.1, 0.15) is 5.60 Å². The van der Waals surface area contributed by atoms with Crippen molar-refractivity contribution in [2.75, 3.05) is 7.05 Å². The van der Waals surface area contributed by atoms with Crippen molar-refractivity contribution in [2.45, 2.75) is 64.1 Å². The minimum atomic E-state index is -0.423. The molecule has 0 aliphatic heterocycles. The van der Waals surface area contributed by atoms with Gasteiger partial charge in [-0.2, -0.15) is 0 Å². The number of carbonyl (C=O) groups excluding carboxylic acids is 1. The normalized spacial score (nSPS) is 24.7. The average molecular weight is 265 g/mol. The van der Waals surface area contributed by atoms with Crippen LogP contribution in [0.2, 0.25) is 0 Å². The molecule has 0 unspecified atom stereocenters. The van der Waals surface area contributed by atoms with E-state index in [1.165, 1.54) is 12.8 Å². The summed E-state index contributed by atoms with van der Waals surface area (Å²) >= 11 is 0. The summed E-state index contributed by atoms with van der Waals surface area (Å²) in [4.78, 5) is 11.6. The fourth-order valence-corrected chi connectivity index (χ4v) is 2.11. The predicted octanol–water partition coefficient (Wildman–Crippen LogP) is 2.46. The molecule has 4 nitrogen and oxygen atoms in total. The Kier molecular flexibility index (Phi) is 6.87. The van der Waals surface area contributed by atoms with Gasteiger partial charge in [-0.05, 0) is 40.7 Å². The smallest absolute Gasteiger partial charge is 0.407 e. The molecule has 0 aromatic carbocycles. The summed E-state index contributed by atoms with van der Waals surface area (Å²) in [7, 11) is 1.94. The van der Waals surface area contributed by atoms with Crippen LogP contribution < -0.4 is 10.6 Å². The Morgan fingerprint density at radius 2 is 1.71 bits per heavy atom. The summed E-state index contributed by atoms with van der Waals surface area (Å²) in [6.45, 7) is 5.63. The quantitative estimate of drug-likeness (QED) is 0.806. The molecular formula is C12H25ClN2O2. The van der Waals surface area contributed by atoms with Crippen LogP contribution in [-0.2, 0) is 4.74 Å². The Morgan fingerprint density at radius 1 is 1.18 bits per heavy atom. The minimum Gasteiger partial charge on any atom is -0.444 e. The molecule has 2 N–H and O–H groups in total. The monoisotopic (exact) mass is 264 g/mol. The number of carbonyl (C=O) groups is 1. The van der Waals surface area contributed by atoms with Gasteiger partial charge in [0.2, 0.25) is 0 Å². The first kappa shape index (κ1) is 16.5. The van der Waals surface area contributed by atoms with Crippen LogP contribution in [-0.4, -0.2) is 30.8 Å². The minimum absolute atomic E-state index is 0. The molecule has 0 aromatic heterocycles. The number of rotatable bonds is 2. The molecule has 2 atom stereocenters. The standard InChI is InChI=1S/C12H24N2O2.ClH/c1-12(2,3)16-11(15)14-10-8-6-5-7-9(10)13-4;/h9-10,13H,5-8H2,1-4H3,(H,14,15);1H/t9-,10+;/m1./s1. The number of likely N-dealkylation sites (N-methyl/N-ethyl adjacent to an activating group) is 1. The zero-order valence-electron chi connectivity index (χ0n) is 11.2. The number of hydrogen-bond acceptors (Lipinski definition) is 3. The Morgan fingerprint density at radius 3 is 2.18 bits per heavy atom. The number of nitrogens with one attached hydrogen (secondary N) is 2. The van der Waals surface area contributed by atoms with E-state index in [0.717, 1.165) is 12.8 Å². The molecule has 0 aromatic rings. The Hall–Kier alpha value is -0.480. The maximum absolute atomic E-state index is 11.6. The van der Waals surface area contributed by atoms with Gasteiger partial charge in [-0.3, -0.25) is 0 Å². The van der Waals surface area contributed by atoms with Crippen LogP contribution in [0.5, 0.6) is 0 Å². The third-order valence-corrected chi connectivity index (χ3v) is 2.84. The van der Waals surface area contributed by atoms with Crippen molar-refractivity contribution < 1.29 is 9.53 Å². The van der Waals surface area contributed by atoms with E-state index in [0.29, 0.717) is 6.04 Å². The van der Waals surface area contributed by atoms with Gasteiger partial charge in [-0.15, -0.1) is 12.4 Å². The van der Waals surface area contributed by atoms with Gasteiger partial charge < -0.3 is 15.4 Å². The van der Waals surface area contributed by atoms with E-state index < -0.39 is 5.60 Å². The van der Waals surface area contributed by atoms with E-state index in [4.69, 9.17) is 4.74 Å². The van der Waals surface area contributed by atoms with Gasteiger partial charge >= 0.3 is 6.09 Å². The van der Waals surface area contributed by atoms with E-state index >= 15 is 0 Å². The third-order valence-electron chi connectivity index (χ3n) is 2.84. The summed E-state index contributed by atoms with van der Waals surface area (Å²) < 4.78 is 5.26. The summed E-state index contributed by atoms with van der Waals surface area (Å²) in [6.07, 6.45) is 4.26. The van der Waals surface area contributed by atoms with E-state index in [1.807, 2.05) is 27.8 Å². The first-order valence-electron chi connectivity index (χ1n) is 6.09. The number of halogens is 1. The number of amides is 1. The molecule has 1 fully saturated rings. The van der Waals surface area contributed by atoms with Crippen molar-refractivity contribution in [2.24, 2.45) is 0 Å². The van der Waals surface area contributed by atoms with Crippen LogP contribution in [0.25, 0.3) is 0 Å². The summed E-state index contributed by atoms with van der Waals surface area (Å²) in [5.41, 5.74) is -0.423. The maximum Gasteiger partial charge on any atom is 0.407 e. The van der Waals surface area contributed by atoms with Crippen LogP contribution in [0.3, 0.4) is 0 Å². The average Bonchev–Trinajstić information content (AvgIpc) is 2.15. The molecule has 1 amide bonds. The second kappa shape index (κ2) is 7.07. The van der Waals surface area contributed by atoms with Crippen LogP contribution in [0, 0.1) is 0 Å². The van der Waals surface area contributed by atoms with Gasteiger partial charge in [0.15, 0.2) is 0 Å². The predicted molar refractivity (Wildman–Crippen MR) is 71.7 cm³/mol. The van der Waals surface area contributed by atoms with Gasteiger partial charge in [0, 0.05) is 12.1 Å². The second-order valence-electron chi connectivity index (χ2n) is 5.43. The Balaban J connectivity index is 0.00000256. The molecule has 0 radical (unpaired) electrons. The van der Waals surface area contributed by atoms with Crippen molar-refractivity contribution in [3.8, 4) is 0 Å². The molecule has 1 aliphatic carbocycles. The zero-order valence-corrected chi connectivity index (χ0v) is 12.0. The Bertz CT molecular complexity index is 241. The van der Waals surface area contributed by atoms with Crippen LogP contribution >= 0.6 is 12.4 Å². The molecule has 1 aliphatic rings. The van der Waals surface area contributed by atoms with Crippen molar-refractivity contribution in [3.63, 3.8) is 0 Å². The maximum atomic E-state index is 11.6. The summed E-state index contributed by atoms with van der Waals surface area (Å²) in [5.74, 6) is 0. The first-order chi connectivity index (χ1) is 7.42. The number of ether oxygens (including phenoxy) is 1. The molecular weight excluding hydrogens is 240 g/mol. The van der Waals surface area contributed by atoms with Gasteiger partial charge in [-0.25, -0.2) is 4.79 Å². The van der Waals surface area contributed by atoms with Crippen molar-refractivity contribution >= 4 is 18.5 Å². The fraction of sp³-hybridized carbons (Fsp3) is 0.917. The van der Waals surface area contributed by atoms with Crippen LogP contribution in [0.4, 0.5) is 4.79 Å². The van der Waals surface area contributed by atoms with Crippen molar-refractivity contribution in [1.29, 1.82) is 0 Å². The molecule has 102 valence electrons. The molecule has 17 heavy (non-hydrogen) atoms. The number of hydrogen-bond donors (Lipinski definition) is 2. The molecule has 0 bridgehead atoms. The van der Waals surface area contributed by atoms with Gasteiger partial charge in [-0.1, -0.05) is 12.8 Å². The Labute approximate surface area is 110 Å². The van der Waals surface area contributed by atoms with E-state index in [9.17, 15) is 4.79 Å². The van der Waals surface area contributed by atoms with Crippen LogP contribution in [0.15, 0.2) is 0 Å². The highest BCUT2D eigenvalue weighted by atomic mass is 35.5. The molecule has 0 heterocycles. The van der Waals surface area contributed by atoms with Gasteiger partial charge in [0.25, 0.3) is 0 Å². The largest absolute Gasteiger partial charge is 0.444 e. The SMILES string of the molecule is CN[C@@H]1CCCC[C@@H]1NC(=O)OC(C)(C)C.Cl. The van der Waals surface area contributed by atoms with Gasteiger partial charge in [0.05, 0.1) is 0 Å². The molecule has 1 saturated carbocycles. The van der Waals surface area contributed by atoms with Crippen molar-refractivity contribution in [1.82, 2.24) is 10.6 Å². The highest BCUT2D eigenvalue weighted by Crippen LogP contribution is 2.18. The van der Waals surface area contributed by atoms with E-state index in [2.05, 4.69) is 10.6 Å². The lowest BCUT2D eigenvalue weighted by Gasteiger charge is -2.32. The molecule has 0 spiro atoms. The highest BCUT2D eigenvalue weighted by molar-refractivity contribution is 5.85. The molecule has 5 heteroatoms. The fourth-order valence-electron chi connectivity index (χ4n) is 2.11. The van der Waals surface area contributed by atoms with Crippen LogP contribution in [0.1, 0.15) is 46.5 Å². The molecule has 1 rings (SSSR count). The first-order valence-corrected chi connectivity index (χ1v) is 6.09. The van der Waals surface area contributed by atoms with E-state index in [1.54, 1.807) is 0 Å². The topological polar surface area (TPSA) is 50.4 Å². The summed E-state index contributed by atoms with van der Waals surface area (Å²) in [6, 6.07) is 0.579.